The normalized spacial score (nSPS) is 11.0. The molecule has 2 aromatic heterocycles. The van der Waals surface area contributed by atoms with Crippen LogP contribution in [0.1, 0.15) is 6.92 Å². The van der Waals surface area contributed by atoms with Crippen LogP contribution in [-0.2, 0) is 11.3 Å². The van der Waals surface area contributed by atoms with Crippen molar-refractivity contribution < 1.29 is 9.90 Å². The first kappa shape index (κ1) is 15.4. The predicted molar refractivity (Wildman–Crippen MR) is 89.8 cm³/mol. The number of carboxylic acid groups (broad SMARTS) is 1. The number of aliphatic carboxylic acids is 1. The molecule has 2 N–H and O–H groups in total. The third kappa shape index (κ3) is 2.87. The van der Waals surface area contributed by atoms with Gasteiger partial charge < -0.3 is 10.1 Å². The van der Waals surface area contributed by atoms with E-state index in [1.807, 2.05) is 37.3 Å². The van der Waals surface area contributed by atoms with E-state index in [2.05, 4.69) is 9.97 Å². The number of rotatable bonds is 5. The van der Waals surface area contributed by atoms with Crippen LogP contribution in [0, 0.1) is 0 Å². The van der Waals surface area contributed by atoms with Crippen LogP contribution < -0.4 is 5.56 Å². The van der Waals surface area contributed by atoms with Gasteiger partial charge >= 0.3 is 5.97 Å². The van der Waals surface area contributed by atoms with Crippen LogP contribution in [0.2, 0.25) is 0 Å². The fourth-order valence-electron chi connectivity index (χ4n) is 2.42. The van der Waals surface area contributed by atoms with Gasteiger partial charge in [0.25, 0.3) is 5.56 Å². The maximum Gasteiger partial charge on any atom is 0.323 e. The molecule has 0 aliphatic rings. The highest BCUT2D eigenvalue weighted by Gasteiger charge is 2.17. The second-order valence-electron chi connectivity index (χ2n) is 4.90. The minimum absolute atomic E-state index is 0.325. The molecule has 0 saturated carbocycles. The van der Waals surface area contributed by atoms with Gasteiger partial charge in [-0.25, -0.2) is 4.98 Å². The molecular weight excluding hydrogens is 314 g/mol. The highest BCUT2D eigenvalue weighted by molar-refractivity contribution is 7.99. The van der Waals surface area contributed by atoms with Crippen molar-refractivity contribution in [3.8, 4) is 11.1 Å². The topological polar surface area (TPSA) is 88.0 Å². The Kier molecular flexibility index (Phi) is 4.20. The van der Waals surface area contributed by atoms with Gasteiger partial charge in [0.15, 0.2) is 5.16 Å². The van der Waals surface area contributed by atoms with E-state index < -0.39 is 12.5 Å². The van der Waals surface area contributed by atoms with Crippen molar-refractivity contribution in [3.63, 3.8) is 0 Å². The smallest absolute Gasteiger partial charge is 0.323 e. The molecule has 0 bridgehead atoms. The molecule has 0 aliphatic carbocycles. The maximum absolute atomic E-state index is 12.6. The van der Waals surface area contributed by atoms with Gasteiger partial charge in [0.2, 0.25) is 0 Å². The van der Waals surface area contributed by atoms with Gasteiger partial charge in [-0.1, -0.05) is 49.0 Å². The fraction of sp³-hybridized carbons (Fsp3) is 0.188. The third-order valence-electron chi connectivity index (χ3n) is 3.40. The number of fused-ring (bicyclic) bond motifs is 1. The average Bonchev–Trinajstić information content (AvgIpc) is 2.96. The zero-order chi connectivity index (χ0) is 16.4. The SMILES string of the molecule is CCSc1nc2c(-c3ccccc3)c[nH]c2c(=O)n1CC(=O)O. The van der Waals surface area contributed by atoms with E-state index in [1.54, 1.807) is 6.20 Å². The number of H-pyrrole nitrogens is 1. The monoisotopic (exact) mass is 329 g/mol. The minimum Gasteiger partial charge on any atom is -0.480 e. The number of aromatic nitrogens is 3. The Morgan fingerprint density at radius 1 is 1.35 bits per heavy atom. The number of carboxylic acids is 1. The Morgan fingerprint density at radius 3 is 2.74 bits per heavy atom. The van der Waals surface area contributed by atoms with Gasteiger partial charge in [0.1, 0.15) is 17.6 Å². The fourth-order valence-corrected chi connectivity index (χ4v) is 3.14. The molecule has 0 saturated heterocycles. The van der Waals surface area contributed by atoms with E-state index in [9.17, 15) is 9.59 Å². The Hall–Kier alpha value is -2.54. The lowest BCUT2D eigenvalue weighted by Gasteiger charge is -2.09. The van der Waals surface area contributed by atoms with Gasteiger partial charge in [0, 0.05) is 11.8 Å². The Labute approximate surface area is 136 Å². The lowest BCUT2D eigenvalue weighted by Crippen LogP contribution is -2.27. The van der Waals surface area contributed by atoms with E-state index >= 15 is 0 Å². The van der Waals surface area contributed by atoms with Gasteiger partial charge in [-0.3, -0.25) is 14.2 Å². The molecule has 0 unspecified atom stereocenters. The van der Waals surface area contributed by atoms with Crippen molar-refractivity contribution in [3.05, 3.63) is 46.9 Å². The molecular formula is C16H15N3O3S. The standard InChI is InChI=1S/C16H15N3O3S/c1-2-23-16-18-13-11(10-6-4-3-5-7-10)8-17-14(13)15(22)19(16)9-12(20)21/h3-8,17H,2,9H2,1H3,(H,20,21). The molecule has 6 nitrogen and oxygen atoms in total. The molecule has 0 fully saturated rings. The zero-order valence-electron chi connectivity index (χ0n) is 12.4. The van der Waals surface area contributed by atoms with Crippen LogP contribution in [0.5, 0.6) is 0 Å². The molecule has 0 radical (unpaired) electrons. The van der Waals surface area contributed by atoms with Gasteiger partial charge in [0.05, 0.1) is 0 Å². The average molecular weight is 329 g/mol. The number of hydrogen-bond donors (Lipinski definition) is 2. The highest BCUT2D eigenvalue weighted by Crippen LogP contribution is 2.27. The van der Waals surface area contributed by atoms with Gasteiger partial charge in [-0.05, 0) is 11.3 Å². The van der Waals surface area contributed by atoms with Crippen molar-refractivity contribution in [2.45, 2.75) is 18.6 Å². The molecule has 1 aromatic carbocycles. The second-order valence-corrected chi connectivity index (χ2v) is 6.14. The Morgan fingerprint density at radius 2 is 2.09 bits per heavy atom. The molecule has 118 valence electrons. The molecule has 0 amide bonds. The summed E-state index contributed by atoms with van der Waals surface area (Å²) in [5.74, 6) is -0.371. The van der Waals surface area contributed by atoms with Crippen LogP contribution in [0.15, 0.2) is 46.5 Å². The number of nitrogens with zero attached hydrogens (tertiary/aromatic N) is 2. The van der Waals surface area contributed by atoms with Crippen LogP contribution in [0.25, 0.3) is 22.2 Å². The first-order chi connectivity index (χ1) is 11.1. The summed E-state index contributed by atoms with van der Waals surface area (Å²) in [6.07, 6.45) is 1.74. The van der Waals surface area contributed by atoms with Crippen molar-refractivity contribution in [1.29, 1.82) is 0 Å². The summed E-state index contributed by atoms with van der Waals surface area (Å²) in [6.45, 7) is 1.53. The number of nitrogens with one attached hydrogen (secondary N) is 1. The number of hydrogen-bond acceptors (Lipinski definition) is 4. The molecule has 7 heteroatoms. The summed E-state index contributed by atoms with van der Waals surface area (Å²) in [7, 11) is 0. The van der Waals surface area contributed by atoms with Crippen molar-refractivity contribution in [1.82, 2.24) is 14.5 Å². The number of thioether (sulfide) groups is 1. The summed E-state index contributed by atoms with van der Waals surface area (Å²) in [5, 5.41) is 9.45. The third-order valence-corrected chi connectivity index (χ3v) is 4.26. The highest BCUT2D eigenvalue weighted by atomic mass is 32.2. The van der Waals surface area contributed by atoms with Crippen LogP contribution >= 0.6 is 11.8 Å². The van der Waals surface area contributed by atoms with E-state index in [-0.39, 0.29) is 5.56 Å². The quantitative estimate of drug-likeness (QED) is 0.555. The maximum atomic E-state index is 12.6. The molecule has 0 atom stereocenters. The zero-order valence-corrected chi connectivity index (χ0v) is 13.3. The predicted octanol–water partition coefficient (Wildman–Crippen LogP) is 2.59. The van der Waals surface area contributed by atoms with Crippen molar-refractivity contribution in [2.75, 3.05) is 5.75 Å². The van der Waals surface area contributed by atoms with E-state index in [1.165, 1.54) is 16.3 Å². The van der Waals surface area contributed by atoms with Crippen molar-refractivity contribution in [2.24, 2.45) is 0 Å². The molecule has 3 rings (SSSR count). The number of benzene rings is 1. The molecule has 3 aromatic rings. The van der Waals surface area contributed by atoms with E-state index in [0.717, 1.165) is 11.1 Å². The summed E-state index contributed by atoms with van der Waals surface area (Å²) in [4.78, 5) is 31.1. The Bertz CT molecular complexity index is 915. The summed E-state index contributed by atoms with van der Waals surface area (Å²) < 4.78 is 1.20. The number of carbonyl (C=O) groups is 1. The van der Waals surface area contributed by atoms with Crippen LogP contribution in [0.3, 0.4) is 0 Å². The van der Waals surface area contributed by atoms with E-state index in [4.69, 9.17) is 5.11 Å². The van der Waals surface area contributed by atoms with Gasteiger partial charge in [-0.2, -0.15) is 0 Å². The first-order valence-corrected chi connectivity index (χ1v) is 8.12. The largest absolute Gasteiger partial charge is 0.480 e. The summed E-state index contributed by atoms with van der Waals surface area (Å²) >= 11 is 1.35. The van der Waals surface area contributed by atoms with E-state index in [0.29, 0.717) is 21.9 Å². The number of aromatic amines is 1. The van der Waals surface area contributed by atoms with Gasteiger partial charge in [-0.15, -0.1) is 0 Å². The summed E-state index contributed by atoms with van der Waals surface area (Å²) in [5.41, 5.74) is 2.31. The summed E-state index contributed by atoms with van der Waals surface area (Å²) in [6, 6.07) is 9.65. The molecule has 23 heavy (non-hydrogen) atoms. The molecule has 0 spiro atoms. The lowest BCUT2D eigenvalue weighted by molar-refractivity contribution is -0.137. The van der Waals surface area contributed by atoms with Crippen LogP contribution in [-0.4, -0.2) is 31.4 Å². The van der Waals surface area contributed by atoms with Crippen LogP contribution in [0.4, 0.5) is 0 Å². The first-order valence-electron chi connectivity index (χ1n) is 7.13. The Balaban J connectivity index is 2.26. The lowest BCUT2D eigenvalue weighted by atomic mass is 10.1. The van der Waals surface area contributed by atoms with Crippen molar-refractivity contribution >= 4 is 28.8 Å². The second kappa shape index (κ2) is 6.29. The molecule has 0 aliphatic heterocycles. The minimum atomic E-state index is -1.07. The molecule has 2 heterocycles.